The fourth-order valence-corrected chi connectivity index (χ4v) is 7.80. The molecule has 0 saturated heterocycles. The van der Waals surface area contributed by atoms with Gasteiger partial charge in [-0.15, -0.1) is 0 Å². The maximum atomic E-state index is 14.1. The van der Waals surface area contributed by atoms with E-state index in [2.05, 4.69) is 98.8 Å². The van der Waals surface area contributed by atoms with E-state index in [4.69, 9.17) is 0 Å². The van der Waals surface area contributed by atoms with Crippen LogP contribution in [0.3, 0.4) is 0 Å². The lowest BCUT2D eigenvalue weighted by Gasteiger charge is -2.19. The molecule has 0 spiro atoms. The van der Waals surface area contributed by atoms with E-state index in [0.29, 0.717) is 11.0 Å². The summed E-state index contributed by atoms with van der Waals surface area (Å²) in [5.41, 5.74) is 9.28. The van der Waals surface area contributed by atoms with Crippen molar-refractivity contribution in [3.8, 4) is 22.3 Å². The summed E-state index contributed by atoms with van der Waals surface area (Å²) in [6.07, 6.45) is 5.87. The first-order chi connectivity index (χ1) is 23.6. The molecule has 0 atom stereocenters. The van der Waals surface area contributed by atoms with Crippen LogP contribution in [-0.4, -0.2) is 0 Å². The molecule has 2 heterocycles. The summed E-state index contributed by atoms with van der Waals surface area (Å²) in [4.78, 5) is 0. The van der Waals surface area contributed by atoms with Crippen LogP contribution in [0, 0.1) is 10.4 Å². The van der Waals surface area contributed by atoms with Gasteiger partial charge in [-0.25, -0.2) is 0 Å². The van der Waals surface area contributed by atoms with Crippen molar-refractivity contribution in [1.82, 2.24) is 0 Å². The second-order valence-corrected chi connectivity index (χ2v) is 12.9. The summed E-state index contributed by atoms with van der Waals surface area (Å²) < 4.78 is 2.29. The Bertz CT molecular complexity index is 2350. The lowest BCUT2D eigenvalue weighted by atomic mass is 9.85. The number of para-hydroxylation sites is 4. The minimum Gasteiger partial charge on any atom is -0.618 e. The first-order valence-electron chi connectivity index (χ1n) is 17.3. The van der Waals surface area contributed by atoms with Crippen molar-refractivity contribution in [3.05, 3.63) is 143 Å². The summed E-state index contributed by atoms with van der Waals surface area (Å²) >= 11 is 0. The van der Waals surface area contributed by atoms with E-state index in [-0.39, 0.29) is 0 Å². The van der Waals surface area contributed by atoms with E-state index in [9.17, 15) is 10.4 Å². The van der Waals surface area contributed by atoms with Gasteiger partial charge in [-0.1, -0.05) is 112 Å². The molecule has 48 heavy (non-hydrogen) atoms. The van der Waals surface area contributed by atoms with Gasteiger partial charge in [-0.05, 0) is 71.8 Å². The average molecular weight is 627 g/mol. The van der Waals surface area contributed by atoms with Gasteiger partial charge in [0.15, 0.2) is 0 Å². The molecule has 6 aromatic carbocycles. The van der Waals surface area contributed by atoms with E-state index in [1.165, 1.54) is 0 Å². The molecule has 0 unspecified atom stereocenters. The zero-order valence-electron chi connectivity index (χ0n) is 27.5. The van der Waals surface area contributed by atoms with Crippen molar-refractivity contribution in [2.75, 3.05) is 0 Å². The molecule has 0 aliphatic heterocycles. The van der Waals surface area contributed by atoms with Gasteiger partial charge in [-0.2, -0.15) is 9.46 Å². The number of hydrogen-bond acceptors (Lipinski definition) is 2. The molecule has 0 radical (unpaired) electrons. The van der Waals surface area contributed by atoms with Gasteiger partial charge < -0.3 is 10.4 Å². The molecular formula is C44H38N2O2. The normalized spacial score (nSPS) is 11.8. The van der Waals surface area contributed by atoms with Crippen LogP contribution in [0.1, 0.15) is 50.7 Å². The number of hydrogen-bond donors (Lipinski definition) is 0. The third kappa shape index (κ3) is 4.66. The number of rotatable bonds is 8. The number of fused-ring (bicyclic) bond motifs is 5. The predicted molar refractivity (Wildman–Crippen MR) is 200 cm³/mol. The Morgan fingerprint density at radius 3 is 1.33 bits per heavy atom. The van der Waals surface area contributed by atoms with Crippen molar-refractivity contribution in [2.45, 2.75) is 52.4 Å². The molecule has 2 aromatic heterocycles. The van der Waals surface area contributed by atoms with Crippen LogP contribution < -0.4 is 9.46 Å². The maximum absolute atomic E-state index is 14.1. The molecular weight excluding hydrogens is 588 g/mol. The molecule has 0 aliphatic carbocycles. The fraction of sp³-hybridized carbons (Fsp3) is 0.182. The third-order valence-corrected chi connectivity index (χ3v) is 10.0. The lowest BCUT2D eigenvalue weighted by Crippen LogP contribution is -2.29. The topological polar surface area (TPSA) is 53.9 Å². The minimum atomic E-state index is 0.669. The molecule has 0 fully saturated rings. The van der Waals surface area contributed by atoms with Crippen LogP contribution in [0.25, 0.3) is 76.6 Å². The monoisotopic (exact) mass is 626 g/mol. The smallest absolute Gasteiger partial charge is 0.228 e. The molecule has 8 rings (SSSR count). The maximum Gasteiger partial charge on any atom is 0.228 e. The van der Waals surface area contributed by atoms with Gasteiger partial charge in [0, 0.05) is 34.4 Å². The first kappa shape index (κ1) is 29.9. The van der Waals surface area contributed by atoms with Gasteiger partial charge >= 0.3 is 0 Å². The number of aromatic nitrogens is 2. The minimum absolute atomic E-state index is 0.669. The number of nitrogens with zero attached hydrogens (tertiary/aromatic N) is 2. The van der Waals surface area contributed by atoms with Crippen molar-refractivity contribution in [1.29, 1.82) is 0 Å². The number of pyridine rings is 2. The summed E-state index contributed by atoms with van der Waals surface area (Å²) in [5.74, 6) is 0. The first-order valence-corrected chi connectivity index (χ1v) is 17.3. The van der Waals surface area contributed by atoms with Crippen LogP contribution in [0.5, 0.6) is 0 Å². The van der Waals surface area contributed by atoms with E-state index in [0.717, 1.165) is 125 Å². The van der Waals surface area contributed by atoms with E-state index >= 15 is 0 Å². The predicted octanol–water partition coefficient (Wildman–Crippen LogP) is 10.7. The Labute approximate surface area is 280 Å². The zero-order chi connectivity index (χ0) is 32.8. The van der Waals surface area contributed by atoms with Gasteiger partial charge in [0.05, 0.1) is 21.5 Å². The third-order valence-electron chi connectivity index (χ3n) is 10.0. The average Bonchev–Trinajstić information content (AvgIpc) is 3.13. The molecule has 8 aromatic rings. The van der Waals surface area contributed by atoms with E-state index in [1.54, 1.807) is 0 Å². The van der Waals surface area contributed by atoms with Crippen LogP contribution >= 0.6 is 0 Å². The van der Waals surface area contributed by atoms with Crippen LogP contribution in [0.15, 0.2) is 121 Å². The van der Waals surface area contributed by atoms with Crippen LogP contribution in [-0.2, 0) is 12.8 Å². The fourth-order valence-electron chi connectivity index (χ4n) is 7.80. The summed E-state index contributed by atoms with van der Waals surface area (Å²) in [6.45, 7) is 4.37. The largest absolute Gasteiger partial charge is 0.618 e. The van der Waals surface area contributed by atoms with E-state index < -0.39 is 0 Å². The Balaban J connectivity index is 1.54. The molecule has 4 nitrogen and oxygen atoms in total. The highest BCUT2D eigenvalue weighted by atomic mass is 16.5. The highest BCUT2D eigenvalue weighted by molar-refractivity contribution is 6.20. The van der Waals surface area contributed by atoms with Gasteiger partial charge in [0.25, 0.3) is 0 Å². The molecule has 0 bridgehead atoms. The van der Waals surface area contributed by atoms with Gasteiger partial charge in [0.2, 0.25) is 22.1 Å². The highest BCUT2D eigenvalue weighted by Crippen LogP contribution is 2.45. The Morgan fingerprint density at radius 1 is 0.458 bits per heavy atom. The zero-order valence-corrected chi connectivity index (χ0v) is 27.5. The number of unbranched alkanes of at least 4 members (excludes halogenated alkanes) is 2. The highest BCUT2D eigenvalue weighted by Gasteiger charge is 2.26. The van der Waals surface area contributed by atoms with Crippen molar-refractivity contribution < 1.29 is 9.46 Å². The SMILES string of the molecule is CCCCc1cccc2c(-c3cccc4cccc(-c5c6ccccc6[n+]([O-])c6c(CCCC)cccc56)c34)c3ccccc3[n+]([O-])c12. The molecule has 0 saturated carbocycles. The lowest BCUT2D eigenvalue weighted by molar-refractivity contribution is -0.548. The Morgan fingerprint density at radius 2 is 0.875 bits per heavy atom. The summed E-state index contributed by atoms with van der Waals surface area (Å²) in [7, 11) is 0. The van der Waals surface area contributed by atoms with Crippen LogP contribution in [0.4, 0.5) is 0 Å². The number of aryl methyl sites for hydroxylation is 2. The Kier molecular flexibility index (Phi) is 7.64. The summed E-state index contributed by atoms with van der Waals surface area (Å²) in [6, 6.07) is 41.6. The second-order valence-electron chi connectivity index (χ2n) is 12.9. The molecule has 0 N–H and O–H groups in total. The number of benzene rings is 6. The van der Waals surface area contributed by atoms with Crippen LogP contribution in [0.2, 0.25) is 0 Å². The molecule has 236 valence electrons. The quantitative estimate of drug-likeness (QED) is 0.0957. The van der Waals surface area contributed by atoms with Crippen molar-refractivity contribution in [2.24, 2.45) is 0 Å². The van der Waals surface area contributed by atoms with Crippen molar-refractivity contribution in [3.63, 3.8) is 0 Å². The summed E-state index contributed by atoms with van der Waals surface area (Å²) in [5, 5.41) is 34.2. The van der Waals surface area contributed by atoms with Crippen molar-refractivity contribution >= 4 is 54.4 Å². The standard InChI is InChI=1S/C44H38N2O2/c1-3-5-15-30-19-13-25-36-41(32-21-7-9-27-38(32)45(47)43(30)36)34-23-11-17-29-18-12-24-35(40(29)34)42-33-22-8-10-28-39(33)46(48)44-31(16-6-4-2)20-14-26-37(42)44/h7-14,17-28H,3-6,15-16H2,1-2H3. The molecule has 4 heteroatoms. The van der Waals surface area contributed by atoms with E-state index in [1.807, 2.05) is 36.4 Å². The molecule has 0 aliphatic rings. The second kappa shape index (κ2) is 12.3. The van der Waals surface area contributed by atoms with Gasteiger partial charge in [-0.3, -0.25) is 0 Å². The molecule has 0 amide bonds. The Hall–Kier alpha value is -5.48. The van der Waals surface area contributed by atoms with Gasteiger partial charge in [0.1, 0.15) is 0 Å².